The van der Waals surface area contributed by atoms with Crippen LogP contribution in [0.1, 0.15) is 18.7 Å². The molecular formula is C14H18ClN3O3S. The van der Waals surface area contributed by atoms with Crippen LogP contribution in [0.5, 0.6) is 0 Å². The van der Waals surface area contributed by atoms with E-state index in [0.717, 1.165) is 23.9 Å². The summed E-state index contributed by atoms with van der Waals surface area (Å²) >= 11 is 5.95. The van der Waals surface area contributed by atoms with Gasteiger partial charge in [0.1, 0.15) is 5.82 Å². The Morgan fingerprint density at radius 3 is 3.05 bits per heavy atom. The largest absolute Gasteiger partial charge is 0.377 e. The van der Waals surface area contributed by atoms with Crippen LogP contribution in [0.15, 0.2) is 18.2 Å². The molecule has 8 heteroatoms. The molecule has 2 aromatic rings. The first-order valence-corrected chi connectivity index (χ1v) is 9.17. The van der Waals surface area contributed by atoms with Crippen molar-refractivity contribution in [3.05, 3.63) is 29.0 Å². The number of aryl methyl sites for hydroxylation is 1. The summed E-state index contributed by atoms with van der Waals surface area (Å²) in [5.74, 6) is 0.649. The van der Waals surface area contributed by atoms with Crippen LogP contribution in [0.2, 0.25) is 5.02 Å². The molecule has 0 saturated carbocycles. The predicted octanol–water partition coefficient (Wildman–Crippen LogP) is 1.83. The van der Waals surface area contributed by atoms with E-state index >= 15 is 0 Å². The summed E-state index contributed by atoms with van der Waals surface area (Å²) in [6.07, 6.45) is 1.52. The first kappa shape index (κ1) is 15.7. The molecule has 1 saturated heterocycles. The first-order valence-electron chi connectivity index (χ1n) is 7.14. The normalized spacial score (nSPS) is 19.1. The minimum atomic E-state index is -3.38. The molecule has 1 fully saturated rings. The van der Waals surface area contributed by atoms with Gasteiger partial charge in [-0.25, -0.2) is 18.1 Å². The molecule has 1 aliphatic heterocycles. The average Bonchev–Trinajstić information content (AvgIpc) is 3.05. The Kier molecular flexibility index (Phi) is 4.40. The SMILES string of the molecule is Cn1c(CNS(=O)(=O)CC2CCCO2)nc2cc(Cl)ccc21. The van der Waals surface area contributed by atoms with E-state index in [4.69, 9.17) is 16.3 Å². The van der Waals surface area contributed by atoms with E-state index in [-0.39, 0.29) is 18.4 Å². The highest BCUT2D eigenvalue weighted by Crippen LogP contribution is 2.20. The van der Waals surface area contributed by atoms with Gasteiger partial charge in [0.25, 0.3) is 0 Å². The maximum atomic E-state index is 12.1. The van der Waals surface area contributed by atoms with Crippen LogP contribution in [0.3, 0.4) is 0 Å². The molecule has 120 valence electrons. The van der Waals surface area contributed by atoms with Gasteiger partial charge in [-0.1, -0.05) is 11.6 Å². The quantitative estimate of drug-likeness (QED) is 0.898. The highest BCUT2D eigenvalue weighted by Gasteiger charge is 2.23. The number of halogens is 1. The average molecular weight is 344 g/mol. The number of benzene rings is 1. The topological polar surface area (TPSA) is 73.2 Å². The summed E-state index contributed by atoms with van der Waals surface area (Å²) in [4.78, 5) is 4.43. The molecule has 0 spiro atoms. The molecule has 22 heavy (non-hydrogen) atoms. The van der Waals surface area contributed by atoms with Gasteiger partial charge in [0.05, 0.1) is 29.4 Å². The van der Waals surface area contributed by atoms with Gasteiger partial charge in [-0.3, -0.25) is 0 Å². The molecule has 6 nitrogen and oxygen atoms in total. The van der Waals surface area contributed by atoms with Gasteiger partial charge in [-0.15, -0.1) is 0 Å². The third kappa shape index (κ3) is 3.43. The molecule has 2 heterocycles. The van der Waals surface area contributed by atoms with Crippen LogP contribution in [-0.2, 0) is 28.4 Å². The van der Waals surface area contributed by atoms with E-state index in [1.54, 1.807) is 12.1 Å². The first-order chi connectivity index (χ1) is 10.4. The fourth-order valence-corrected chi connectivity index (χ4v) is 4.02. The van der Waals surface area contributed by atoms with Crippen molar-refractivity contribution < 1.29 is 13.2 Å². The molecule has 1 aromatic heterocycles. The van der Waals surface area contributed by atoms with Gasteiger partial charge in [0.15, 0.2) is 0 Å². The van der Waals surface area contributed by atoms with Crippen molar-refractivity contribution in [2.75, 3.05) is 12.4 Å². The highest BCUT2D eigenvalue weighted by atomic mass is 35.5. The predicted molar refractivity (Wildman–Crippen MR) is 85.3 cm³/mol. The zero-order chi connectivity index (χ0) is 15.7. The Morgan fingerprint density at radius 1 is 1.50 bits per heavy atom. The Labute approximate surface area is 134 Å². The third-order valence-corrected chi connectivity index (χ3v) is 5.44. The molecule has 3 rings (SSSR count). The highest BCUT2D eigenvalue weighted by molar-refractivity contribution is 7.89. The zero-order valence-electron chi connectivity index (χ0n) is 12.3. The Morgan fingerprint density at radius 2 is 2.32 bits per heavy atom. The standard InChI is InChI=1S/C14H18ClN3O3S/c1-18-13-5-4-10(15)7-12(13)17-14(18)8-16-22(19,20)9-11-3-2-6-21-11/h4-5,7,11,16H,2-3,6,8-9H2,1H3. The number of hydrogen-bond acceptors (Lipinski definition) is 4. The number of aromatic nitrogens is 2. The van der Waals surface area contributed by atoms with E-state index in [0.29, 0.717) is 17.5 Å². The van der Waals surface area contributed by atoms with Crippen LogP contribution in [0, 0.1) is 0 Å². The number of imidazole rings is 1. The fraction of sp³-hybridized carbons (Fsp3) is 0.500. The lowest BCUT2D eigenvalue weighted by Gasteiger charge is -2.11. The van der Waals surface area contributed by atoms with Crippen LogP contribution in [0.4, 0.5) is 0 Å². The van der Waals surface area contributed by atoms with Crippen molar-refractivity contribution in [3.63, 3.8) is 0 Å². The second-order valence-corrected chi connectivity index (χ2v) is 7.75. The number of nitrogens with zero attached hydrogens (tertiary/aromatic N) is 2. The van der Waals surface area contributed by atoms with Gasteiger partial charge >= 0.3 is 0 Å². The third-order valence-electron chi connectivity index (χ3n) is 3.81. The van der Waals surface area contributed by atoms with Crippen LogP contribution < -0.4 is 4.72 Å². The van der Waals surface area contributed by atoms with E-state index < -0.39 is 10.0 Å². The summed E-state index contributed by atoms with van der Waals surface area (Å²) in [7, 11) is -1.53. The fourth-order valence-electron chi connectivity index (χ4n) is 2.63. The van der Waals surface area contributed by atoms with Crippen molar-refractivity contribution in [3.8, 4) is 0 Å². The number of sulfonamides is 1. The second kappa shape index (κ2) is 6.16. The molecule has 1 aliphatic rings. The Balaban J connectivity index is 1.71. The molecular weight excluding hydrogens is 326 g/mol. The van der Waals surface area contributed by atoms with Gasteiger partial charge in [-0.2, -0.15) is 0 Å². The van der Waals surface area contributed by atoms with Gasteiger partial charge in [0, 0.05) is 18.7 Å². The molecule has 1 atom stereocenters. The van der Waals surface area contributed by atoms with E-state index in [1.807, 2.05) is 17.7 Å². The van der Waals surface area contributed by atoms with Gasteiger partial charge in [-0.05, 0) is 31.0 Å². The summed E-state index contributed by atoms with van der Waals surface area (Å²) in [5, 5.41) is 0.608. The molecule has 1 unspecified atom stereocenters. The summed E-state index contributed by atoms with van der Waals surface area (Å²) < 4.78 is 34.0. The molecule has 0 aliphatic carbocycles. The molecule has 1 aromatic carbocycles. The number of ether oxygens (including phenoxy) is 1. The lowest BCUT2D eigenvalue weighted by Crippen LogP contribution is -2.32. The zero-order valence-corrected chi connectivity index (χ0v) is 13.8. The second-order valence-electron chi connectivity index (χ2n) is 5.46. The molecule has 0 radical (unpaired) electrons. The minimum absolute atomic E-state index is 0.00275. The van der Waals surface area contributed by atoms with E-state index in [2.05, 4.69) is 9.71 Å². The van der Waals surface area contributed by atoms with E-state index in [1.165, 1.54) is 0 Å². The minimum Gasteiger partial charge on any atom is -0.377 e. The number of hydrogen-bond donors (Lipinski definition) is 1. The Hall–Kier alpha value is -1.15. The van der Waals surface area contributed by atoms with Crippen molar-refractivity contribution in [2.24, 2.45) is 7.05 Å². The monoisotopic (exact) mass is 343 g/mol. The van der Waals surface area contributed by atoms with Crippen LogP contribution in [0.25, 0.3) is 11.0 Å². The smallest absolute Gasteiger partial charge is 0.214 e. The van der Waals surface area contributed by atoms with Gasteiger partial charge < -0.3 is 9.30 Å². The van der Waals surface area contributed by atoms with Crippen molar-refractivity contribution in [2.45, 2.75) is 25.5 Å². The Bertz CT molecular complexity index is 782. The van der Waals surface area contributed by atoms with Gasteiger partial charge in [0.2, 0.25) is 10.0 Å². The summed E-state index contributed by atoms with van der Waals surface area (Å²) in [6, 6.07) is 5.42. The lowest BCUT2D eigenvalue weighted by molar-refractivity contribution is 0.127. The number of nitrogens with one attached hydrogen (secondary N) is 1. The lowest BCUT2D eigenvalue weighted by atomic mass is 10.3. The maximum Gasteiger partial charge on any atom is 0.214 e. The van der Waals surface area contributed by atoms with Crippen molar-refractivity contribution >= 4 is 32.7 Å². The van der Waals surface area contributed by atoms with Crippen LogP contribution in [-0.4, -0.2) is 36.4 Å². The van der Waals surface area contributed by atoms with E-state index in [9.17, 15) is 8.42 Å². The van der Waals surface area contributed by atoms with Crippen molar-refractivity contribution in [1.29, 1.82) is 0 Å². The van der Waals surface area contributed by atoms with Crippen LogP contribution >= 0.6 is 11.6 Å². The number of fused-ring (bicyclic) bond motifs is 1. The summed E-state index contributed by atoms with van der Waals surface area (Å²) in [5.41, 5.74) is 1.67. The maximum absolute atomic E-state index is 12.1. The molecule has 0 amide bonds. The molecule has 0 bridgehead atoms. The number of rotatable bonds is 5. The van der Waals surface area contributed by atoms with Crippen molar-refractivity contribution in [1.82, 2.24) is 14.3 Å². The summed E-state index contributed by atoms with van der Waals surface area (Å²) in [6.45, 7) is 0.795. The molecule has 1 N–H and O–H groups in total.